The van der Waals surface area contributed by atoms with Crippen molar-refractivity contribution >= 4 is 16.5 Å². The molecule has 1 saturated carbocycles. The summed E-state index contributed by atoms with van der Waals surface area (Å²) in [4.78, 5) is 8.37. The van der Waals surface area contributed by atoms with Crippen molar-refractivity contribution in [3.05, 3.63) is 10.6 Å². The second-order valence-electron chi connectivity index (χ2n) is 6.74. The molecule has 0 spiro atoms. The fourth-order valence-electron chi connectivity index (χ4n) is 2.89. The minimum atomic E-state index is 0.156. The van der Waals surface area contributed by atoms with Crippen molar-refractivity contribution in [1.82, 2.24) is 4.98 Å². The fraction of sp³-hybridized carbons (Fsp3) is 0.800. The molecule has 1 aliphatic heterocycles. The van der Waals surface area contributed by atoms with Crippen molar-refractivity contribution in [1.29, 1.82) is 0 Å². The maximum atomic E-state index is 9.50. The van der Waals surface area contributed by atoms with Crippen LogP contribution < -0.4 is 4.90 Å². The molecule has 106 valence electrons. The SMILES string of the molecule is CC1(C)CCCN(c2nc(C3CC3)c(CO)s2)CC1. The van der Waals surface area contributed by atoms with E-state index in [4.69, 9.17) is 4.98 Å². The van der Waals surface area contributed by atoms with E-state index in [1.807, 2.05) is 0 Å². The smallest absolute Gasteiger partial charge is 0.185 e. The van der Waals surface area contributed by atoms with Crippen LogP contribution in [0.1, 0.15) is 62.4 Å². The molecule has 0 aromatic carbocycles. The van der Waals surface area contributed by atoms with E-state index < -0.39 is 0 Å². The van der Waals surface area contributed by atoms with Gasteiger partial charge in [0.05, 0.1) is 17.2 Å². The van der Waals surface area contributed by atoms with Crippen LogP contribution in [0, 0.1) is 5.41 Å². The molecule has 1 aromatic heterocycles. The lowest BCUT2D eigenvalue weighted by Crippen LogP contribution is -2.24. The summed E-state index contributed by atoms with van der Waals surface area (Å²) < 4.78 is 0. The van der Waals surface area contributed by atoms with Crippen LogP contribution in [0.2, 0.25) is 0 Å². The fourth-order valence-corrected chi connectivity index (χ4v) is 3.95. The van der Waals surface area contributed by atoms with Crippen molar-refractivity contribution in [2.24, 2.45) is 5.41 Å². The topological polar surface area (TPSA) is 36.4 Å². The molecule has 2 fully saturated rings. The quantitative estimate of drug-likeness (QED) is 0.920. The Balaban J connectivity index is 1.78. The van der Waals surface area contributed by atoms with Crippen molar-refractivity contribution in [3.8, 4) is 0 Å². The summed E-state index contributed by atoms with van der Waals surface area (Å²) in [5.41, 5.74) is 1.65. The summed E-state index contributed by atoms with van der Waals surface area (Å²) in [6.45, 7) is 7.12. The highest BCUT2D eigenvalue weighted by atomic mass is 32.1. The van der Waals surface area contributed by atoms with Crippen LogP contribution in [-0.4, -0.2) is 23.2 Å². The number of nitrogens with zero attached hydrogens (tertiary/aromatic N) is 2. The highest BCUT2D eigenvalue weighted by molar-refractivity contribution is 7.15. The first-order chi connectivity index (χ1) is 9.09. The molecule has 1 aromatic rings. The van der Waals surface area contributed by atoms with Gasteiger partial charge < -0.3 is 10.0 Å². The minimum absolute atomic E-state index is 0.156. The lowest BCUT2D eigenvalue weighted by molar-refractivity contribution is 0.284. The second-order valence-corrected chi connectivity index (χ2v) is 7.80. The van der Waals surface area contributed by atoms with Gasteiger partial charge in [-0.05, 0) is 37.5 Å². The summed E-state index contributed by atoms with van der Waals surface area (Å²) in [5.74, 6) is 0.635. The molecule has 4 heteroatoms. The molecular formula is C15H24N2OS. The molecule has 1 aliphatic carbocycles. The Labute approximate surface area is 119 Å². The summed E-state index contributed by atoms with van der Waals surface area (Å²) >= 11 is 1.71. The third kappa shape index (κ3) is 2.95. The molecular weight excluding hydrogens is 256 g/mol. The van der Waals surface area contributed by atoms with Gasteiger partial charge in [-0.15, -0.1) is 0 Å². The van der Waals surface area contributed by atoms with Gasteiger partial charge in [0.2, 0.25) is 0 Å². The van der Waals surface area contributed by atoms with Crippen LogP contribution in [-0.2, 0) is 6.61 Å². The van der Waals surface area contributed by atoms with Crippen LogP contribution in [0.15, 0.2) is 0 Å². The van der Waals surface area contributed by atoms with Crippen LogP contribution >= 0.6 is 11.3 Å². The Bertz CT molecular complexity index is 451. The average molecular weight is 280 g/mol. The number of anilines is 1. The van der Waals surface area contributed by atoms with Gasteiger partial charge in [0.25, 0.3) is 0 Å². The Kier molecular flexibility index (Phi) is 3.56. The number of rotatable bonds is 3. The normalized spacial score (nSPS) is 23.4. The van der Waals surface area contributed by atoms with Gasteiger partial charge in [0, 0.05) is 19.0 Å². The number of hydrogen-bond donors (Lipinski definition) is 1. The molecule has 0 unspecified atom stereocenters. The number of hydrogen-bond acceptors (Lipinski definition) is 4. The molecule has 3 rings (SSSR count). The lowest BCUT2D eigenvalue weighted by Gasteiger charge is -2.22. The molecule has 0 radical (unpaired) electrons. The van der Waals surface area contributed by atoms with Crippen LogP contribution in [0.25, 0.3) is 0 Å². The van der Waals surface area contributed by atoms with E-state index in [1.54, 1.807) is 11.3 Å². The molecule has 0 atom stereocenters. The molecule has 0 amide bonds. The zero-order chi connectivity index (χ0) is 13.5. The van der Waals surface area contributed by atoms with Crippen molar-refractivity contribution < 1.29 is 5.11 Å². The van der Waals surface area contributed by atoms with E-state index in [0.29, 0.717) is 11.3 Å². The van der Waals surface area contributed by atoms with Gasteiger partial charge in [0.15, 0.2) is 5.13 Å². The van der Waals surface area contributed by atoms with Gasteiger partial charge in [-0.3, -0.25) is 0 Å². The van der Waals surface area contributed by atoms with Gasteiger partial charge in [-0.25, -0.2) is 4.98 Å². The summed E-state index contributed by atoms with van der Waals surface area (Å²) in [7, 11) is 0. The van der Waals surface area contributed by atoms with Crippen molar-refractivity contribution in [2.45, 2.75) is 58.5 Å². The minimum Gasteiger partial charge on any atom is -0.391 e. The Hall–Kier alpha value is -0.610. The first kappa shape index (κ1) is 13.4. The van der Waals surface area contributed by atoms with Gasteiger partial charge >= 0.3 is 0 Å². The summed E-state index contributed by atoms with van der Waals surface area (Å²) in [5, 5.41) is 10.6. The van der Waals surface area contributed by atoms with E-state index >= 15 is 0 Å². The Morgan fingerprint density at radius 2 is 2.11 bits per heavy atom. The maximum absolute atomic E-state index is 9.50. The van der Waals surface area contributed by atoms with Gasteiger partial charge in [0.1, 0.15) is 0 Å². The molecule has 2 heterocycles. The molecule has 1 saturated heterocycles. The molecule has 3 nitrogen and oxygen atoms in total. The monoisotopic (exact) mass is 280 g/mol. The second kappa shape index (κ2) is 5.06. The Morgan fingerprint density at radius 1 is 1.32 bits per heavy atom. The zero-order valence-electron chi connectivity index (χ0n) is 12.0. The van der Waals surface area contributed by atoms with E-state index in [1.165, 1.54) is 37.8 Å². The lowest BCUT2D eigenvalue weighted by atomic mass is 9.85. The summed E-state index contributed by atoms with van der Waals surface area (Å²) in [6.07, 6.45) is 6.29. The van der Waals surface area contributed by atoms with Crippen molar-refractivity contribution in [2.75, 3.05) is 18.0 Å². The maximum Gasteiger partial charge on any atom is 0.185 e. The molecule has 1 N–H and O–H groups in total. The first-order valence-corrected chi connectivity index (χ1v) is 8.26. The van der Waals surface area contributed by atoms with E-state index in [2.05, 4.69) is 18.7 Å². The number of aliphatic hydroxyl groups excluding tert-OH is 1. The molecule has 19 heavy (non-hydrogen) atoms. The average Bonchev–Trinajstić information content (AvgIpc) is 3.15. The van der Waals surface area contributed by atoms with Crippen molar-refractivity contribution in [3.63, 3.8) is 0 Å². The number of aliphatic hydroxyl groups is 1. The number of thiazole rings is 1. The standard InChI is InChI=1S/C15H24N2OS/c1-15(2)6-3-8-17(9-7-15)14-16-13(11-4-5-11)12(10-18)19-14/h11,18H,3-10H2,1-2H3. The van der Waals surface area contributed by atoms with E-state index in [0.717, 1.165) is 23.1 Å². The van der Waals surface area contributed by atoms with E-state index in [9.17, 15) is 5.11 Å². The Morgan fingerprint density at radius 3 is 2.79 bits per heavy atom. The third-order valence-electron chi connectivity index (χ3n) is 4.43. The summed E-state index contributed by atoms with van der Waals surface area (Å²) in [6, 6.07) is 0. The van der Waals surface area contributed by atoms with Crippen LogP contribution in [0.4, 0.5) is 5.13 Å². The third-order valence-corrected chi connectivity index (χ3v) is 5.55. The first-order valence-electron chi connectivity index (χ1n) is 7.44. The van der Waals surface area contributed by atoms with Crippen LogP contribution in [0.3, 0.4) is 0 Å². The molecule has 2 aliphatic rings. The highest BCUT2D eigenvalue weighted by Gasteiger charge is 2.31. The molecule has 0 bridgehead atoms. The largest absolute Gasteiger partial charge is 0.391 e. The highest BCUT2D eigenvalue weighted by Crippen LogP contribution is 2.44. The predicted octanol–water partition coefficient (Wildman–Crippen LogP) is 3.53. The zero-order valence-corrected chi connectivity index (χ0v) is 12.8. The van der Waals surface area contributed by atoms with Gasteiger partial charge in [-0.1, -0.05) is 25.2 Å². The number of aromatic nitrogens is 1. The van der Waals surface area contributed by atoms with Gasteiger partial charge in [-0.2, -0.15) is 0 Å². The van der Waals surface area contributed by atoms with Crippen LogP contribution in [0.5, 0.6) is 0 Å². The van der Waals surface area contributed by atoms with E-state index in [-0.39, 0.29) is 6.61 Å². The predicted molar refractivity (Wildman–Crippen MR) is 79.9 cm³/mol.